The first-order valence-corrected chi connectivity index (χ1v) is 11.0. The van der Waals surface area contributed by atoms with Crippen molar-refractivity contribution in [2.24, 2.45) is 0 Å². The van der Waals surface area contributed by atoms with Crippen molar-refractivity contribution >= 4 is 17.7 Å². The molecule has 0 aromatic carbocycles. The van der Waals surface area contributed by atoms with Crippen molar-refractivity contribution in [2.75, 3.05) is 38.7 Å². The number of carboxylic acids is 1. The Morgan fingerprint density at radius 3 is 2.90 bits per heavy atom. The van der Waals surface area contributed by atoms with Crippen LogP contribution in [0.2, 0.25) is 0 Å². The van der Waals surface area contributed by atoms with Crippen molar-refractivity contribution in [1.82, 2.24) is 15.2 Å². The first-order valence-electron chi connectivity index (χ1n) is 11.0. The third-order valence-electron chi connectivity index (χ3n) is 5.76. The molecule has 0 bridgehead atoms. The van der Waals surface area contributed by atoms with Gasteiger partial charge in [0.2, 0.25) is 5.91 Å². The maximum atomic E-state index is 11.7. The van der Waals surface area contributed by atoms with E-state index in [1.165, 1.54) is 31.9 Å². The lowest BCUT2D eigenvalue weighted by Gasteiger charge is -2.24. The van der Waals surface area contributed by atoms with Gasteiger partial charge in [0.15, 0.2) is 0 Å². The lowest BCUT2D eigenvalue weighted by Crippen LogP contribution is -2.44. The number of hydrogen-bond donors (Lipinski definition) is 3. The lowest BCUT2D eigenvalue weighted by molar-refractivity contribution is -0.142. The second kappa shape index (κ2) is 11.3. The number of methoxy groups -OCH3 is 1. The van der Waals surface area contributed by atoms with Crippen LogP contribution in [-0.4, -0.2) is 72.3 Å². The minimum atomic E-state index is -0.998. The van der Waals surface area contributed by atoms with Crippen LogP contribution in [0.1, 0.15) is 49.8 Å². The molecular formula is C22H34N4O4. The van der Waals surface area contributed by atoms with E-state index in [-0.39, 0.29) is 6.61 Å². The van der Waals surface area contributed by atoms with E-state index in [9.17, 15) is 14.7 Å². The zero-order chi connectivity index (χ0) is 21.3. The van der Waals surface area contributed by atoms with Gasteiger partial charge in [-0.15, -0.1) is 0 Å². The minimum Gasteiger partial charge on any atom is -0.480 e. The van der Waals surface area contributed by atoms with Gasteiger partial charge in [0, 0.05) is 31.9 Å². The quantitative estimate of drug-likeness (QED) is 0.420. The van der Waals surface area contributed by atoms with Crippen LogP contribution in [0.15, 0.2) is 12.1 Å². The number of aryl methyl sites for hydroxylation is 2. The highest BCUT2D eigenvalue weighted by Gasteiger charge is 2.30. The molecule has 1 aromatic rings. The molecule has 1 atom stereocenters. The normalized spacial score (nSPS) is 16.6. The van der Waals surface area contributed by atoms with Crippen molar-refractivity contribution in [3.8, 4) is 0 Å². The molecule has 0 radical (unpaired) electrons. The maximum absolute atomic E-state index is 11.7. The molecule has 1 aliphatic carbocycles. The topological polar surface area (TPSA) is 104 Å². The third-order valence-corrected chi connectivity index (χ3v) is 5.76. The molecule has 166 valence electrons. The summed E-state index contributed by atoms with van der Waals surface area (Å²) in [5.74, 6) is -0.342. The number of ether oxygens (including phenoxy) is 1. The van der Waals surface area contributed by atoms with E-state index in [1.807, 2.05) is 0 Å². The summed E-state index contributed by atoms with van der Waals surface area (Å²) in [7, 11) is 1.42. The smallest absolute Gasteiger partial charge is 0.326 e. The molecule has 1 unspecified atom stereocenters. The Labute approximate surface area is 178 Å². The number of carbonyl (C=O) groups is 2. The summed E-state index contributed by atoms with van der Waals surface area (Å²) in [6.45, 7) is 2.51. The van der Waals surface area contributed by atoms with Crippen molar-refractivity contribution < 1.29 is 19.4 Å². The number of fused-ring (bicyclic) bond motifs is 1. The first kappa shape index (κ1) is 22.5. The van der Waals surface area contributed by atoms with Crippen molar-refractivity contribution in [1.29, 1.82) is 0 Å². The molecule has 2 aliphatic rings. The van der Waals surface area contributed by atoms with Gasteiger partial charge in [-0.05, 0) is 69.5 Å². The van der Waals surface area contributed by atoms with Crippen LogP contribution in [0.5, 0.6) is 0 Å². The van der Waals surface area contributed by atoms with Gasteiger partial charge in [-0.1, -0.05) is 6.07 Å². The zero-order valence-electron chi connectivity index (χ0n) is 17.9. The van der Waals surface area contributed by atoms with Crippen molar-refractivity contribution in [3.05, 3.63) is 23.4 Å². The van der Waals surface area contributed by atoms with E-state index >= 15 is 0 Å². The number of amides is 1. The lowest BCUT2D eigenvalue weighted by atomic mass is 10.1. The van der Waals surface area contributed by atoms with Gasteiger partial charge >= 0.3 is 5.97 Å². The summed E-state index contributed by atoms with van der Waals surface area (Å²) in [6, 6.07) is 4.02. The van der Waals surface area contributed by atoms with Crippen LogP contribution < -0.4 is 10.6 Å². The van der Waals surface area contributed by atoms with E-state index in [4.69, 9.17) is 9.72 Å². The number of aromatic nitrogens is 1. The number of rotatable bonds is 13. The molecule has 30 heavy (non-hydrogen) atoms. The molecule has 8 heteroatoms. The predicted molar refractivity (Wildman–Crippen MR) is 115 cm³/mol. The van der Waals surface area contributed by atoms with Gasteiger partial charge < -0.3 is 25.4 Å². The standard InChI is InChI=1S/C22H34N4O4/c1-30-15-20(27)25-19(22(28)29)11-14-26(18-9-10-18)13-3-2-6-17-8-7-16-5-4-12-23-21(16)24-17/h7-8,18-19H,2-6,9-15H2,1H3,(H,23,24)(H,25,27)(H,28,29). The summed E-state index contributed by atoms with van der Waals surface area (Å²) in [4.78, 5) is 30.3. The van der Waals surface area contributed by atoms with Gasteiger partial charge in [0.05, 0.1) is 0 Å². The highest BCUT2D eigenvalue weighted by molar-refractivity contribution is 5.84. The number of nitrogens with one attached hydrogen (secondary N) is 2. The number of nitrogens with zero attached hydrogens (tertiary/aromatic N) is 2. The average Bonchev–Trinajstić information content (AvgIpc) is 3.57. The summed E-state index contributed by atoms with van der Waals surface area (Å²) in [5, 5.41) is 15.3. The van der Waals surface area contributed by atoms with Gasteiger partial charge in [-0.3, -0.25) is 4.79 Å². The molecule has 1 saturated carbocycles. The fourth-order valence-electron chi connectivity index (χ4n) is 3.97. The molecule has 3 rings (SSSR count). The Hall–Kier alpha value is -2.19. The molecule has 1 aromatic heterocycles. The first-order chi connectivity index (χ1) is 14.6. The molecule has 1 fully saturated rings. The Balaban J connectivity index is 1.41. The summed E-state index contributed by atoms with van der Waals surface area (Å²) < 4.78 is 4.77. The fourth-order valence-corrected chi connectivity index (χ4v) is 3.97. The largest absolute Gasteiger partial charge is 0.480 e. The number of hydrogen-bond acceptors (Lipinski definition) is 6. The Morgan fingerprint density at radius 2 is 2.17 bits per heavy atom. The van der Waals surface area contributed by atoms with Crippen LogP contribution in [-0.2, 0) is 27.2 Å². The van der Waals surface area contributed by atoms with Gasteiger partial charge in [-0.2, -0.15) is 0 Å². The predicted octanol–water partition coefficient (Wildman–Crippen LogP) is 1.83. The van der Waals surface area contributed by atoms with E-state index in [2.05, 4.69) is 27.7 Å². The fraction of sp³-hybridized carbons (Fsp3) is 0.682. The number of carbonyl (C=O) groups excluding carboxylic acids is 1. The molecule has 8 nitrogen and oxygen atoms in total. The number of unbranched alkanes of at least 4 members (excludes halogenated alkanes) is 1. The molecule has 0 spiro atoms. The highest BCUT2D eigenvalue weighted by Crippen LogP contribution is 2.27. The number of carboxylic acid groups (broad SMARTS) is 1. The molecular weight excluding hydrogens is 384 g/mol. The highest BCUT2D eigenvalue weighted by atomic mass is 16.5. The van der Waals surface area contributed by atoms with E-state index in [0.717, 1.165) is 50.3 Å². The van der Waals surface area contributed by atoms with E-state index < -0.39 is 17.9 Å². The second-order valence-corrected chi connectivity index (χ2v) is 8.24. The van der Waals surface area contributed by atoms with Crippen LogP contribution in [0.3, 0.4) is 0 Å². The zero-order valence-corrected chi connectivity index (χ0v) is 17.9. The Morgan fingerprint density at radius 1 is 1.33 bits per heavy atom. The Kier molecular flexibility index (Phi) is 8.45. The number of anilines is 1. The van der Waals surface area contributed by atoms with Gasteiger partial charge in [0.25, 0.3) is 0 Å². The maximum Gasteiger partial charge on any atom is 0.326 e. The van der Waals surface area contributed by atoms with E-state index in [1.54, 1.807) is 0 Å². The van der Waals surface area contributed by atoms with Crippen LogP contribution in [0, 0.1) is 0 Å². The SMILES string of the molecule is COCC(=O)NC(CCN(CCCCc1ccc2c(n1)NCCC2)C1CC1)C(=O)O. The third kappa shape index (κ3) is 6.95. The van der Waals surface area contributed by atoms with Gasteiger partial charge in [0.1, 0.15) is 18.5 Å². The average molecular weight is 419 g/mol. The van der Waals surface area contributed by atoms with Gasteiger partial charge in [-0.25, -0.2) is 9.78 Å². The molecule has 2 heterocycles. The van der Waals surface area contributed by atoms with Crippen LogP contribution in [0.4, 0.5) is 5.82 Å². The number of pyridine rings is 1. The summed E-state index contributed by atoms with van der Waals surface area (Å²) in [6.07, 6.45) is 8.09. The molecule has 1 aliphatic heterocycles. The Bertz CT molecular complexity index is 723. The monoisotopic (exact) mass is 418 g/mol. The minimum absolute atomic E-state index is 0.123. The van der Waals surface area contributed by atoms with Crippen molar-refractivity contribution in [3.63, 3.8) is 0 Å². The van der Waals surface area contributed by atoms with Crippen molar-refractivity contribution in [2.45, 2.75) is 63.5 Å². The van der Waals surface area contributed by atoms with E-state index in [0.29, 0.717) is 19.0 Å². The second-order valence-electron chi connectivity index (χ2n) is 8.24. The van der Waals surface area contributed by atoms with Crippen LogP contribution in [0.25, 0.3) is 0 Å². The molecule has 3 N–H and O–H groups in total. The number of aliphatic carboxylic acids is 1. The van der Waals surface area contributed by atoms with Crippen LogP contribution >= 0.6 is 0 Å². The molecule has 1 amide bonds. The summed E-state index contributed by atoms with van der Waals surface area (Å²) in [5.41, 5.74) is 2.45. The summed E-state index contributed by atoms with van der Waals surface area (Å²) >= 11 is 0. The molecule has 0 saturated heterocycles.